The van der Waals surface area contributed by atoms with Crippen LogP contribution >= 0.6 is 0 Å². The molecule has 1 aliphatic carbocycles. The van der Waals surface area contributed by atoms with Crippen LogP contribution in [0.5, 0.6) is 0 Å². The van der Waals surface area contributed by atoms with Crippen LogP contribution in [0.2, 0.25) is 0 Å². The summed E-state index contributed by atoms with van der Waals surface area (Å²) >= 11 is 0. The first kappa shape index (κ1) is 15.7. The minimum absolute atomic E-state index is 0.285. The lowest BCUT2D eigenvalue weighted by Gasteiger charge is -2.32. The van der Waals surface area contributed by atoms with Gasteiger partial charge in [-0.25, -0.2) is 14.8 Å². The number of hydrogen-bond donors (Lipinski definition) is 3. The average molecular weight is 292 g/mol. The first-order chi connectivity index (χ1) is 9.97. The number of hydrogen-bond acceptors (Lipinski definition) is 4. The van der Waals surface area contributed by atoms with E-state index >= 15 is 0 Å². The third-order valence-electron chi connectivity index (χ3n) is 3.80. The zero-order valence-corrected chi connectivity index (χ0v) is 12.8. The Morgan fingerprint density at radius 2 is 1.81 bits per heavy atom. The van der Waals surface area contributed by atoms with Gasteiger partial charge >= 0.3 is 6.03 Å². The summed E-state index contributed by atoms with van der Waals surface area (Å²) in [7, 11) is 0. The summed E-state index contributed by atoms with van der Waals surface area (Å²) in [5, 5.41) is 15.8. The number of carbonyl (C=O) groups excluding carboxylic acids is 1. The van der Waals surface area contributed by atoms with E-state index in [0.29, 0.717) is 12.4 Å². The number of aromatic nitrogens is 2. The smallest absolute Gasteiger partial charge is 0.315 e. The second-order valence-corrected chi connectivity index (χ2v) is 5.89. The maximum atomic E-state index is 11.8. The molecule has 6 nitrogen and oxygen atoms in total. The number of amides is 2. The predicted molar refractivity (Wildman–Crippen MR) is 79.8 cm³/mol. The molecule has 0 aliphatic heterocycles. The van der Waals surface area contributed by atoms with Crippen LogP contribution in [-0.4, -0.2) is 33.3 Å². The number of aryl methyl sites for hydroxylation is 2. The summed E-state index contributed by atoms with van der Waals surface area (Å²) < 4.78 is 0. The fraction of sp³-hybridized carbons (Fsp3) is 0.667. The molecule has 0 unspecified atom stereocenters. The molecular formula is C15H24N4O2. The van der Waals surface area contributed by atoms with Crippen molar-refractivity contribution in [1.82, 2.24) is 20.6 Å². The van der Waals surface area contributed by atoms with Gasteiger partial charge < -0.3 is 15.7 Å². The molecule has 1 saturated carbocycles. The summed E-state index contributed by atoms with van der Waals surface area (Å²) in [6, 6.07) is 1.60. The largest absolute Gasteiger partial charge is 0.388 e. The lowest BCUT2D eigenvalue weighted by Crippen LogP contribution is -2.47. The molecule has 0 bridgehead atoms. The van der Waals surface area contributed by atoms with Crippen molar-refractivity contribution in [3.05, 3.63) is 23.3 Å². The van der Waals surface area contributed by atoms with Crippen molar-refractivity contribution >= 4 is 6.03 Å². The van der Waals surface area contributed by atoms with Crippen molar-refractivity contribution in [2.75, 3.05) is 6.54 Å². The Bertz CT molecular complexity index is 478. The van der Waals surface area contributed by atoms with E-state index in [0.717, 1.165) is 37.1 Å². The van der Waals surface area contributed by atoms with Crippen LogP contribution in [-0.2, 0) is 6.54 Å². The van der Waals surface area contributed by atoms with E-state index in [2.05, 4.69) is 20.6 Å². The van der Waals surface area contributed by atoms with E-state index in [1.807, 2.05) is 19.9 Å². The molecule has 21 heavy (non-hydrogen) atoms. The first-order valence-corrected chi connectivity index (χ1v) is 7.52. The van der Waals surface area contributed by atoms with Gasteiger partial charge in [0.05, 0.1) is 12.1 Å². The number of rotatable bonds is 4. The van der Waals surface area contributed by atoms with Crippen LogP contribution in [0.1, 0.15) is 49.3 Å². The van der Waals surface area contributed by atoms with Gasteiger partial charge in [-0.05, 0) is 32.8 Å². The van der Waals surface area contributed by atoms with Gasteiger partial charge in [-0.1, -0.05) is 19.3 Å². The van der Waals surface area contributed by atoms with E-state index in [1.54, 1.807) is 0 Å². The lowest BCUT2D eigenvalue weighted by atomic mass is 9.85. The van der Waals surface area contributed by atoms with Gasteiger partial charge in [-0.3, -0.25) is 0 Å². The van der Waals surface area contributed by atoms with Crippen LogP contribution in [0.25, 0.3) is 0 Å². The van der Waals surface area contributed by atoms with E-state index in [9.17, 15) is 9.90 Å². The van der Waals surface area contributed by atoms with E-state index in [-0.39, 0.29) is 12.6 Å². The molecule has 116 valence electrons. The van der Waals surface area contributed by atoms with Gasteiger partial charge in [0.25, 0.3) is 0 Å². The quantitative estimate of drug-likeness (QED) is 0.786. The Hall–Kier alpha value is -1.69. The monoisotopic (exact) mass is 292 g/mol. The van der Waals surface area contributed by atoms with Gasteiger partial charge in [0.2, 0.25) is 0 Å². The van der Waals surface area contributed by atoms with Gasteiger partial charge in [-0.2, -0.15) is 0 Å². The fourth-order valence-electron chi connectivity index (χ4n) is 2.73. The van der Waals surface area contributed by atoms with Crippen molar-refractivity contribution < 1.29 is 9.90 Å². The molecule has 1 fully saturated rings. The molecule has 6 heteroatoms. The van der Waals surface area contributed by atoms with Crippen LogP contribution in [0, 0.1) is 13.8 Å². The second-order valence-electron chi connectivity index (χ2n) is 5.89. The molecule has 2 rings (SSSR count). The van der Waals surface area contributed by atoms with Crippen molar-refractivity contribution in [2.45, 2.75) is 58.1 Å². The van der Waals surface area contributed by atoms with Crippen LogP contribution < -0.4 is 10.6 Å². The zero-order valence-electron chi connectivity index (χ0n) is 12.8. The lowest BCUT2D eigenvalue weighted by molar-refractivity contribution is 0.00719. The number of nitrogens with one attached hydrogen (secondary N) is 2. The third kappa shape index (κ3) is 4.97. The molecule has 1 aromatic rings. The molecule has 1 heterocycles. The summed E-state index contributed by atoms with van der Waals surface area (Å²) in [6.07, 6.45) is 4.73. The zero-order chi connectivity index (χ0) is 15.3. The summed E-state index contributed by atoms with van der Waals surface area (Å²) in [4.78, 5) is 20.3. The molecular weight excluding hydrogens is 268 g/mol. The second kappa shape index (κ2) is 6.85. The summed E-state index contributed by atoms with van der Waals surface area (Å²) in [5.41, 5.74) is 1.03. The van der Waals surface area contributed by atoms with Crippen molar-refractivity contribution in [3.8, 4) is 0 Å². The number of nitrogens with zero attached hydrogens (tertiary/aromatic N) is 2. The molecule has 2 amide bonds. The molecule has 0 spiro atoms. The Morgan fingerprint density at radius 3 is 2.43 bits per heavy atom. The minimum Gasteiger partial charge on any atom is -0.388 e. The first-order valence-electron chi connectivity index (χ1n) is 7.52. The van der Waals surface area contributed by atoms with E-state index in [4.69, 9.17) is 0 Å². The Balaban J connectivity index is 1.76. The standard InChI is InChI=1S/C15H24N4O2/c1-11-8-12(2)19-13(18-11)9-16-14(20)17-10-15(21)6-4-3-5-7-15/h8,21H,3-7,9-10H2,1-2H3,(H2,16,17,20). The van der Waals surface area contributed by atoms with Crippen molar-refractivity contribution in [2.24, 2.45) is 0 Å². The SMILES string of the molecule is Cc1cc(C)nc(CNC(=O)NCC2(O)CCCCC2)n1. The molecule has 1 aliphatic rings. The number of aliphatic hydroxyl groups is 1. The van der Waals surface area contributed by atoms with Crippen molar-refractivity contribution in [3.63, 3.8) is 0 Å². The molecule has 1 aromatic heterocycles. The third-order valence-corrected chi connectivity index (χ3v) is 3.80. The van der Waals surface area contributed by atoms with Crippen LogP contribution in [0.3, 0.4) is 0 Å². The van der Waals surface area contributed by atoms with Gasteiger partial charge in [0.15, 0.2) is 0 Å². The topological polar surface area (TPSA) is 87.1 Å². The maximum Gasteiger partial charge on any atom is 0.315 e. The molecule has 0 radical (unpaired) electrons. The predicted octanol–water partition coefficient (Wildman–Crippen LogP) is 1.59. The van der Waals surface area contributed by atoms with Crippen molar-refractivity contribution in [1.29, 1.82) is 0 Å². The Labute approximate surface area is 125 Å². The highest BCUT2D eigenvalue weighted by Gasteiger charge is 2.29. The number of carbonyl (C=O) groups is 1. The summed E-state index contributed by atoms with van der Waals surface area (Å²) in [5.74, 6) is 0.596. The highest BCUT2D eigenvalue weighted by Crippen LogP contribution is 2.27. The highest BCUT2D eigenvalue weighted by molar-refractivity contribution is 5.73. The Morgan fingerprint density at radius 1 is 1.19 bits per heavy atom. The fourth-order valence-corrected chi connectivity index (χ4v) is 2.73. The normalized spacial score (nSPS) is 17.3. The molecule has 3 N–H and O–H groups in total. The van der Waals surface area contributed by atoms with Gasteiger partial charge in [0.1, 0.15) is 5.82 Å². The average Bonchev–Trinajstić information content (AvgIpc) is 2.43. The van der Waals surface area contributed by atoms with Crippen LogP contribution in [0.15, 0.2) is 6.07 Å². The van der Waals surface area contributed by atoms with Gasteiger partial charge in [0, 0.05) is 17.9 Å². The molecule has 0 atom stereocenters. The van der Waals surface area contributed by atoms with Crippen LogP contribution in [0.4, 0.5) is 4.79 Å². The molecule has 0 saturated heterocycles. The Kier molecular flexibility index (Phi) is 5.12. The molecule has 0 aromatic carbocycles. The van der Waals surface area contributed by atoms with Gasteiger partial charge in [-0.15, -0.1) is 0 Å². The minimum atomic E-state index is -0.744. The van der Waals surface area contributed by atoms with E-state index in [1.165, 1.54) is 6.42 Å². The summed E-state index contributed by atoms with van der Waals surface area (Å²) in [6.45, 7) is 4.38. The maximum absolute atomic E-state index is 11.8. The highest BCUT2D eigenvalue weighted by atomic mass is 16.3. The van der Waals surface area contributed by atoms with E-state index < -0.39 is 5.60 Å². The number of urea groups is 1.